The molecule has 1 aromatic carbocycles. The van der Waals surface area contributed by atoms with Gasteiger partial charge in [0.15, 0.2) is 17.5 Å². The number of para-hydroxylation sites is 2. The molecular formula is C18H30N4O3. The van der Waals surface area contributed by atoms with E-state index in [2.05, 4.69) is 20.9 Å². The summed E-state index contributed by atoms with van der Waals surface area (Å²) in [6.45, 7) is 5.80. The van der Waals surface area contributed by atoms with Crippen molar-refractivity contribution in [1.82, 2.24) is 16.0 Å². The van der Waals surface area contributed by atoms with Gasteiger partial charge in [0, 0.05) is 26.6 Å². The highest BCUT2D eigenvalue weighted by molar-refractivity contribution is 5.81. The minimum atomic E-state index is -0.0808. The second-order valence-corrected chi connectivity index (χ2v) is 5.56. The molecule has 0 aliphatic heterocycles. The fourth-order valence-corrected chi connectivity index (χ4v) is 2.08. The topological polar surface area (TPSA) is 84.0 Å². The van der Waals surface area contributed by atoms with Crippen LogP contribution in [-0.4, -0.2) is 51.8 Å². The lowest BCUT2D eigenvalue weighted by Crippen LogP contribution is -2.43. The number of aliphatic imine (C=N–C) groups is 1. The molecule has 0 heterocycles. The van der Waals surface area contributed by atoms with E-state index in [-0.39, 0.29) is 12.0 Å². The van der Waals surface area contributed by atoms with Crippen LogP contribution in [0, 0.1) is 0 Å². The first-order valence-electron chi connectivity index (χ1n) is 8.61. The summed E-state index contributed by atoms with van der Waals surface area (Å²) in [5, 5.41) is 9.14. The summed E-state index contributed by atoms with van der Waals surface area (Å²) in [6, 6.07) is 7.54. The molecule has 0 aromatic heterocycles. The van der Waals surface area contributed by atoms with E-state index < -0.39 is 0 Å². The molecule has 0 saturated heterocycles. The van der Waals surface area contributed by atoms with Gasteiger partial charge in [-0.2, -0.15) is 0 Å². The van der Waals surface area contributed by atoms with Crippen LogP contribution in [0.15, 0.2) is 29.3 Å². The van der Waals surface area contributed by atoms with Crippen LogP contribution in [0.4, 0.5) is 0 Å². The van der Waals surface area contributed by atoms with Gasteiger partial charge in [-0.3, -0.25) is 9.79 Å². The Balaban J connectivity index is 2.33. The van der Waals surface area contributed by atoms with E-state index in [1.54, 1.807) is 14.2 Å². The number of ether oxygens (including phenoxy) is 2. The second-order valence-electron chi connectivity index (χ2n) is 5.56. The maximum Gasteiger partial charge on any atom is 0.221 e. The highest BCUT2D eigenvalue weighted by Gasteiger charge is 2.09. The summed E-state index contributed by atoms with van der Waals surface area (Å²) < 4.78 is 11.2. The maximum absolute atomic E-state index is 11.6. The molecule has 0 saturated carbocycles. The first-order chi connectivity index (χ1) is 12.1. The van der Waals surface area contributed by atoms with Gasteiger partial charge in [0.2, 0.25) is 5.91 Å². The summed E-state index contributed by atoms with van der Waals surface area (Å²) in [6.07, 6.45) is 1.27. The molecule has 7 nitrogen and oxygen atoms in total. The van der Waals surface area contributed by atoms with Gasteiger partial charge in [-0.15, -0.1) is 0 Å². The summed E-state index contributed by atoms with van der Waals surface area (Å²) in [7, 11) is 3.31. The zero-order valence-corrected chi connectivity index (χ0v) is 15.6. The van der Waals surface area contributed by atoms with Crippen LogP contribution >= 0.6 is 0 Å². The van der Waals surface area contributed by atoms with Gasteiger partial charge >= 0.3 is 0 Å². The second kappa shape index (κ2) is 12.0. The highest BCUT2D eigenvalue weighted by atomic mass is 16.5. The molecule has 140 valence electrons. The Hall–Kier alpha value is -2.44. The van der Waals surface area contributed by atoms with Crippen LogP contribution in [0.25, 0.3) is 0 Å². The average Bonchev–Trinajstić information content (AvgIpc) is 2.63. The zero-order valence-electron chi connectivity index (χ0n) is 15.6. The quantitative estimate of drug-likeness (QED) is 0.440. The number of amides is 1. The van der Waals surface area contributed by atoms with Gasteiger partial charge in [-0.1, -0.05) is 19.1 Å². The molecular weight excluding hydrogens is 320 g/mol. The van der Waals surface area contributed by atoms with Crippen LogP contribution in [0.3, 0.4) is 0 Å². The number of methoxy groups -OCH3 is 1. The summed E-state index contributed by atoms with van der Waals surface area (Å²) in [5.41, 5.74) is 0. The van der Waals surface area contributed by atoms with Crippen molar-refractivity contribution in [3.8, 4) is 11.5 Å². The van der Waals surface area contributed by atoms with Crippen LogP contribution in [0.2, 0.25) is 0 Å². The van der Waals surface area contributed by atoms with E-state index in [1.165, 1.54) is 0 Å². The van der Waals surface area contributed by atoms with E-state index in [9.17, 15) is 4.79 Å². The molecule has 0 radical (unpaired) electrons. The Labute approximate surface area is 150 Å². The van der Waals surface area contributed by atoms with Crippen molar-refractivity contribution in [3.05, 3.63) is 24.3 Å². The molecule has 1 atom stereocenters. The Bertz CT molecular complexity index is 549. The SMILES string of the molecule is CCCNC(=O)CCNC(=NC)NCC(C)Oc1ccccc1OC. The molecule has 3 N–H and O–H groups in total. The van der Waals surface area contributed by atoms with Crippen molar-refractivity contribution < 1.29 is 14.3 Å². The molecule has 7 heteroatoms. The predicted octanol–water partition coefficient (Wildman–Crippen LogP) is 1.54. The molecule has 1 rings (SSSR count). The molecule has 1 aromatic rings. The van der Waals surface area contributed by atoms with Crippen LogP contribution in [-0.2, 0) is 4.79 Å². The zero-order chi connectivity index (χ0) is 18.5. The molecule has 0 bridgehead atoms. The summed E-state index contributed by atoms with van der Waals surface area (Å²) in [4.78, 5) is 15.7. The van der Waals surface area contributed by atoms with E-state index in [0.29, 0.717) is 43.5 Å². The van der Waals surface area contributed by atoms with Gasteiger partial charge in [-0.05, 0) is 25.5 Å². The Kier molecular flexibility index (Phi) is 9.89. The first-order valence-corrected chi connectivity index (χ1v) is 8.61. The summed E-state index contributed by atoms with van der Waals surface area (Å²) >= 11 is 0. The number of benzene rings is 1. The minimum Gasteiger partial charge on any atom is -0.493 e. The lowest BCUT2D eigenvalue weighted by Gasteiger charge is -2.19. The van der Waals surface area contributed by atoms with E-state index >= 15 is 0 Å². The van der Waals surface area contributed by atoms with Gasteiger partial charge < -0.3 is 25.4 Å². The van der Waals surface area contributed by atoms with Crippen LogP contribution < -0.4 is 25.4 Å². The number of carbonyl (C=O) groups excluding carboxylic acids is 1. The Morgan fingerprint density at radius 1 is 1.16 bits per heavy atom. The van der Waals surface area contributed by atoms with E-state index in [0.717, 1.165) is 6.42 Å². The monoisotopic (exact) mass is 350 g/mol. The molecule has 0 aliphatic rings. The molecule has 0 fully saturated rings. The number of guanidine groups is 1. The summed E-state index contributed by atoms with van der Waals surface area (Å²) in [5.74, 6) is 2.08. The smallest absolute Gasteiger partial charge is 0.221 e. The molecule has 0 spiro atoms. The van der Waals surface area contributed by atoms with E-state index in [4.69, 9.17) is 9.47 Å². The number of nitrogens with zero attached hydrogens (tertiary/aromatic N) is 1. The van der Waals surface area contributed by atoms with Gasteiger partial charge in [0.05, 0.1) is 13.7 Å². The molecule has 1 unspecified atom stereocenters. The largest absolute Gasteiger partial charge is 0.493 e. The van der Waals surface area contributed by atoms with Gasteiger partial charge in [-0.25, -0.2) is 0 Å². The van der Waals surface area contributed by atoms with Crippen molar-refractivity contribution >= 4 is 11.9 Å². The van der Waals surface area contributed by atoms with Crippen molar-refractivity contribution in [2.75, 3.05) is 33.8 Å². The number of nitrogens with one attached hydrogen (secondary N) is 3. The normalized spacial score (nSPS) is 12.2. The van der Waals surface area contributed by atoms with Crippen molar-refractivity contribution in [2.45, 2.75) is 32.8 Å². The highest BCUT2D eigenvalue weighted by Crippen LogP contribution is 2.26. The minimum absolute atomic E-state index is 0.0395. The van der Waals surface area contributed by atoms with E-state index in [1.807, 2.05) is 38.1 Å². The molecule has 25 heavy (non-hydrogen) atoms. The van der Waals surface area contributed by atoms with Crippen molar-refractivity contribution in [3.63, 3.8) is 0 Å². The fourth-order valence-electron chi connectivity index (χ4n) is 2.08. The third kappa shape index (κ3) is 8.28. The number of hydrogen-bond acceptors (Lipinski definition) is 4. The van der Waals surface area contributed by atoms with Gasteiger partial charge in [0.1, 0.15) is 6.10 Å². The van der Waals surface area contributed by atoms with Crippen LogP contribution in [0.1, 0.15) is 26.7 Å². The van der Waals surface area contributed by atoms with Crippen molar-refractivity contribution in [2.24, 2.45) is 4.99 Å². The third-order valence-corrected chi connectivity index (χ3v) is 3.39. The lowest BCUT2D eigenvalue weighted by atomic mass is 10.3. The molecule has 0 aliphatic carbocycles. The number of hydrogen-bond donors (Lipinski definition) is 3. The average molecular weight is 350 g/mol. The third-order valence-electron chi connectivity index (χ3n) is 3.39. The molecule has 1 amide bonds. The van der Waals surface area contributed by atoms with Crippen molar-refractivity contribution in [1.29, 1.82) is 0 Å². The Morgan fingerprint density at radius 2 is 1.88 bits per heavy atom. The lowest BCUT2D eigenvalue weighted by molar-refractivity contribution is -0.120. The fraction of sp³-hybridized carbons (Fsp3) is 0.556. The first kappa shape index (κ1) is 20.6. The standard InChI is InChI=1S/C18H30N4O3/c1-5-11-20-17(23)10-12-21-18(19-3)22-13-14(2)25-16-9-7-6-8-15(16)24-4/h6-9,14H,5,10-13H2,1-4H3,(H,20,23)(H2,19,21,22). The van der Waals surface area contributed by atoms with Gasteiger partial charge in [0.25, 0.3) is 0 Å². The number of rotatable bonds is 10. The maximum atomic E-state index is 11.6. The Morgan fingerprint density at radius 3 is 2.52 bits per heavy atom. The number of carbonyl (C=O) groups is 1. The van der Waals surface area contributed by atoms with Crippen LogP contribution in [0.5, 0.6) is 11.5 Å². The predicted molar refractivity (Wildman–Crippen MR) is 100 cm³/mol.